The van der Waals surface area contributed by atoms with Crippen LogP contribution in [-0.4, -0.2) is 55.7 Å². The number of carbonyl (C=O) groups excluding carboxylic acids is 1. The molecule has 0 bridgehead atoms. The Kier molecular flexibility index (Phi) is 13.7. The van der Waals surface area contributed by atoms with Crippen molar-refractivity contribution in [3.05, 3.63) is 0 Å². The van der Waals surface area contributed by atoms with Gasteiger partial charge in [0.15, 0.2) is 5.79 Å². The molecule has 0 aliphatic carbocycles. The van der Waals surface area contributed by atoms with Crippen LogP contribution in [0.15, 0.2) is 0 Å². The van der Waals surface area contributed by atoms with Gasteiger partial charge in [-0.1, -0.05) is 26.7 Å². The van der Waals surface area contributed by atoms with E-state index in [0.29, 0.717) is 13.2 Å². The number of hydrogen-bond acceptors (Lipinski definition) is 4. The van der Waals surface area contributed by atoms with Crippen LogP contribution in [0.2, 0.25) is 0 Å². The molecule has 0 aromatic carbocycles. The van der Waals surface area contributed by atoms with Crippen LogP contribution in [0.25, 0.3) is 0 Å². The number of ketones is 1. The molecule has 0 rings (SSSR count). The van der Waals surface area contributed by atoms with E-state index in [1.807, 2.05) is 13.8 Å². The quantitative estimate of drug-likeness (QED) is 0.251. The third-order valence-corrected chi connectivity index (χ3v) is 2.68. The zero-order chi connectivity index (χ0) is 14.7. The number of carboxylic acid groups (broad SMARTS) is 1. The topological polar surface area (TPSA) is 72.8 Å². The molecule has 0 heterocycles. The summed E-state index contributed by atoms with van der Waals surface area (Å²) in [5, 5.41) is 8.61. The molecule has 5 nitrogen and oxygen atoms in total. The fourth-order valence-corrected chi connectivity index (χ4v) is 1.60. The summed E-state index contributed by atoms with van der Waals surface area (Å²) in [6.45, 7) is 6.83. The number of unbranched alkanes of at least 4 members (excludes halogenated alkanes) is 2. The number of rotatable bonds is 12. The van der Waals surface area contributed by atoms with Crippen LogP contribution < -0.4 is 0 Å². The van der Waals surface area contributed by atoms with Crippen molar-refractivity contribution in [2.45, 2.75) is 65.1 Å². The molecule has 20 heavy (non-hydrogen) atoms. The Morgan fingerprint density at radius 3 is 1.85 bits per heavy atom. The Morgan fingerprint density at radius 2 is 1.50 bits per heavy atom. The van der Waals surface area contributed by atoms with E-state index in [1.54, 1.807) is 6.92 Å². The summed E-state index contributed by atoms with van der Waals surface area (Å²) in [4.78, 5) is 22.1. The van der Waals surface area contributed by atoms with Gasteiger partial charge in [0.25, 0.3) is 0 Å². The zero-order valence-corrected chi connectivity index (χ0v) is 12.2. The molecule has 1 N–H and O–H groups in total. The van der Waals surface area contributed by atoms with Crippen molar-refractivity contribution < 1.29 is 24.2 Å². The Balaban J connectivity index is 0. The van der Waals surface area contributed by atoms with E-state index in [4.69, 9.17) is 14.6 Å². The van der Waals surface area contributed by atoms with Crippen LogP contribution in [0, 0.1) is 0 Å². The zero-order valence-electron chi connectivity index (χ0n) is 12.2. The van der Waals surface area contributed by atoms with Gasteiger partial charge in [0.1, 0.15) is 12.2 Å². The summed E-state index contributed by atoms with van der Waals surface area (Å²) in [6, 6.07) is 0. The summed E-state index contributed by atoms with van der Waals surface area (Å²) in [5.74, 6) is -2.49. The molecule has 0 fully saturated rings. The molecule has 0 aromatic heterocycles. The summed E-state index contributed by atoms with van der Waals surface area (Å²) in [5.41, 5.74) is 0. The molecule has 0 spiro atoms. The van der Waals surface area contributed by atoms with Crippen molar-refractivity contribution in [1.82, 2.24) is 0 Å². The fraction of sp³-hybridized carbons (Fsp3) is 0.857. The number of hydrogen-bond donors (Lipinski definition) is 1. The second-order valence-electron chi connectivity index (χ2n) is 4.82. The molecule has 0 unspecified atom stereocenters. The van der Waals surface area contributed by atoms with Gasteiger partial charge >= 0.3 is 25.8 Å². The predicted octanol–water partition coefficient (Wildman–Crippen LogP) is 1.59. The van der Waals surface area contributed by atoms with Gasteiger partial charge in [0, 0.05) is 0 Å². The number of carbonyl (C=O) groups is 2. The second kappa shape index (κ2) is 12.4. The van der Waals surface area contributed by atoms with Gasteiger partial charge < -0.3 is 14.6 Å². The third kappa shape index (κ3) is 11.5. The molecule has 0 saturated heterocycles. The maximum absolute atomic E-state index is 11.6. The van der Waals surface area contributed by atoms with Gasteiger partial charge in [-0.05, 0) is 19.8 Å². The average Bonchev–Trinajstić information content (AvgIpc) is 2.28. The SMILES string of the molecule is CCCCOC(C)(CC(=O)CC(=O)O)OCCCC.[GaH3]. The summed E-state index contributed by atoms with van der Waals surface area (Å²) in [6.07, 6.45) is 3.26. The van der Waals surface area contributed by atoms with E-state index in [2.05, 4.69) is 0 Å². The molecule has 6 heteroatoms. The first-order valence-electron chi connectivity index (χ1n) is 6.95. The number of ether oxygens (including phenoxy) is 2. The Hall–Kier alpha value is -0.304. The van der Waals surface area contributed by atoms with Gasteiger partial charge in [-0.25, -0.2) is 0 Å². The first-order valence-corrected chi connectivity index (χ1v) is 6.95. The molecular formula is C14H29GaO5. The van der Waals surface area contributed by atoms with Crippen molar-refractivity contribution in [1.29, 1.82) is 0 Å². The average molecular weight is 347 g/mol. The van der Waals surface area contributed by atoms with E-state index < -0.39 is 18.2 Å². The summed E-state index contributed by atoms with van der Waals surface area (Å²) in [7, 11) is 0. The van der Waals surface area contributed by atoms with Gasteiger partial charge in [0.2, 0.25) is 0 Å². The van der Waals surface area contributed by atoms with E-state index >= 15 is 0 Å². The minimum atomic E-state index is -1.12. The fourth-order valence-electron chi connectivity index (χ4n) is 1.60. The first-order chi connectivity index (χ1) is 8.93. The van der Waals surface area contributed by atoms with Gasteiger partial charge in [-0.15, -0.1) is 0 Å². The van der Waals surface area contributed by atoms with Crippen molar-refractivity contribution in [2.24, 2.45) is 0 Å². The van der Waals surface area contributed by atoms with E-state index in [9.17, 15) is 9.59 Å². The predicted molar refractivity (Wildman–Crippen MR) is 81.9 cm³/mol. The Labute approximate surface area is 134 Å². The molecule has 0 aliphatic rings. The van der Waals surface area contributed by atoms with Crippen molar-refractivity contribution >= 4 is 31.5 Å². The van der Waals surface area contributed by atoms with Crippen LogP contribution >= 0.6 is 0 Å². The molecule has 0 radical (unpaired) electrons. The first kappa shape index (κ1) is 22.0. The molecule has 0 saturated carbocycles. The molecule has 0 aliphatic heterocycles. The number of carboxylic acids is 1. The van der Waals surface area contributed by atoms with Crippen LogP contribution in [0.5, 0.6) is 0 Å². The standard InChI is InChI=1S/C14H26O5.Ga.3H/c1-4-6-8-18-14(3,19-9-7-5-2)11-12(15)10-13(16)17;;;;/h4-11H2,1-3H3,(H,16,17);;;;. The van der Waals surface area contributed by atoms with Crippen LogP contribution in [0.4, 0.5) is 0 Å². The summed E-state index contributed by atoms with van der Waals surface area (Å²) < 4.78 is 11.3. The number of aliphatic carboxylic acids is 1. The third-order valence-electron chi connectivity index (χ3n) is 2.68. The van der Waals surface area contributed by atoms with Crippen LogP contribution in [0.3, 0.4) is 0 Å². The Morgan fingerprint density at radius 1 is 1.05 bits per heavy atom. The van der Waals surface area contributed by atoms with Gasteiger partial charge in [-0.3, -0.25) is 9.59 Å². The number of Topliss-reactive ketones (excluding diaryl/α,β-unsaturated/α-hetero) is 1. The normalized spacial score (nSPS) is 10.9. The van der Waals surface area contributed by atoms with Gasteiger partial charge in [0.05, 0.1) is 19.6 Å². The molecule has 0 aromatic rings. The molecule has 118 valence electrons. The molecule has 0 atom stereocenters. The van der Waals surface area contributed by atoms with Gasteiger partial charge in [-0.2, -0.15) is 0 Å². The van der Waals surface area contributed by atoms with Crippen molar-refractivity contribution in [3.8, 4) is 0 Å². The Bertz CT molecular complexity index is 271. The van der Waals surface area contributed by atoms with E-state index in [-0.39, 0.29) is 32.0 Å². The molecule has 0 amide bonds. The van der Waals surface area contributed by atoms with Crippen molar-refractivity contribution in [3.63, 3.8) is 0 Å². The van der Waals surface area contributed by atoms with Crippen LogP contribution in [-0.2, 0) is 19.1 Å². The maximum atomic E-state index is 11.6. The minimum absolute atomic E-state index is 0. The monoisotopic (exact) mass is 346 g/mol. The summed E-state index contributed by atoms with van der Waals surface area (Å²) >= 11 is 0. The van der Waals surface area contributed by atoms with E-state index in [0.717, 1.165) is 25.7 Å². The van der Waals surface area contributed by atoms with Crippen LogP contribution in [0.1, 0.15) is 59.3 Å². The molecular weight excluding hydrogens is 318 g/mol. The van der Waals surface area contributed by atoms with Crippen molar-refractivity contribution in [2.75, 3.05) is 13.2 Å². The van der Waals surface area contributed by atoms with E-state index in [1.165, 1.54) is 0 Å². The second-order valence-corrected chi connectivity index (χ2v) is 4.82.